The minimum Gasteiger partial charge on any atom is -0.502 e. The SMILES string of the molecule is O=C1c2c(O)c(=O)ccn2N([C@H]2c3ccccc3CSc3ccccc32)CN1C1CC2(COC2)C1. The lowest BCUT2D eigenvalue weighted by Gasteiger charge is -2.57. The molecule has 4 aliphatic rings. The standard InChI is InChI=1S/C27H25N3O4S/c31-21-9-10-29-24(25(21)32)26(33)28(18-11-27(12-18)14-34-15-27)16-30(29)23-19-6-2-1-5-17(19)13-35-22-8-4-3-7-20(22)23/h1-10,18,23,32H,11-16H2/t23-/m0/s1. The van der Waals surface area contributed by atoms with Crippen molar-refractivity contribution in [2.24, 2.45) is 5.41 Å². The first kappa shape index (κ1) is 21.1. The third kappa shape index (κ3) is 3.09. The monoisotopic (exact) mass is 487 g/mol. The van der Waals surface area contributed by atoms with Gasteiger partial charge in [0, 0.05) is 34.4 Å². The van der Waals surface area contributed by atoms with Crippen molar-refractivity contribution in [2.75, 3.05) is 24.9 Å². The minimum atomic E-state index is -0.541. The molecule has 178 valence electrons. The van der Waals surface area contributed by atoms with Gasteiger partial charge in [-0.05, 0) is 35.6 Å². The predicted molar refractivity (Wildman–Crippen MR) is 132 cm³/mol. The van der Waals surface area contributed by atoms with Crippen molar-refractivity contribution in [1.82, 2.24) is 9.58 Å². The Morgan fingerprint density at radius 1 is 0.971 bits per heavy atom. The second kappa shape index (κ2) is 7.63. The fourth-order valence-corrected chi connectivity index (χ4v) is 7.14. The number of aromatic nitrogens is 1. The summed E-state index contributed by atoms with van der Waals surface area (Å²) in [6, 6.07) is 18.0. The van der Waals surface area contributed by atoms with Crippen LogP contribution in [0.1, 0.15) is 46.1 Å². The molecule has 1 amide bonds. The third-order valence-corrected chi connectivity index (χ3v) is 9.07. The minimum absolute atomic E-state index is 0.0430. The van der Waals surface area contributed by atoms with Crippen molar-refractivity contribution in [1.29, 1.82) is 0 Å². The van der Waals surface area contributed by atoms with E-state index in [0.29, 0.717) is 6.67 Å². The van der Waals surface area contributed by atoms with Crippen LogP contribution in [-0.4, -0.2) is 46.5 Å². The molecule has 3 aromatic rings. The summed E-state index contributed by atoms with van der Waals surface area (Å²) in [6.45, 7) is 1.86. The number of nitrogens with zero attached hydrogens (tertiary/aromatic N) is 3. The first-order valence-electron chi connectivity index (χ1n) is 11.9. The maximum Gasteiger partial charge on any atom is 0.278 e. The number of hydrogen-bond donors (Lipinski definition) is 1. The van der Waals surface area contributed by atoms with Gasteiger partial charge in [0.15, 0.2) is 11.4 Å². The van der Waals surface area contributed by atoms with E-state index in [1.165, 1.54) is 22.1 Å². The van der Waals surface area contributed by atoms with E-state index in [1.54, 1.807) is 10.9 Å². The number of thioether (sulfide) groups is 1. The number of pyridine rings is 1. The molecule has 0 unspecified atom stereocenters. The van der Waals surface area contributed by atoms with Gasteiger partial charge in [0.2, 0.25) is 5.43 Å². The molecular formula is C27H25N3O4S. The number of amides is 1. The first-order chi connectivity index (χ1) is 17.0. The zero-order valence-corrected chi connectivity index (χ0v) is 19.9. The highest BCUT2D eigenvalue weighted by molar-refractivity contribution is 7.98. The van der Waals surface area contributed by atoms with Crippen LogP contribution in [-0.2, 0) is 10.5 Å². The number of ether oxygens (including phenoxy) is 1. The Balaban J connectivity index is 1.40. The highest BCUT2D eigenvalue weighted by Gasteiger charge is 2.54. The largest absolute Gasteiger partial charge is 0.502 e. The number of rotatable bonds is 2. The van der Waals surface area contributed by atoms with Gasteiger partial charge < -0.3 is 14.7 Å². The zero-order chi connectivity index (χ0) is 23.7. The van der Waals surface area contributed by atoms with Crippen LogP contribution in [0.3, 0.4) is 0 Å². The van der Waals surface area contributed by atoms with Crippen LogP contribution in [0.2, 0.25) is 0 Å². The summed E-state index contributed by atoms with van der Waals surface area (Å²) in [6.07, 6.45) is 3.40. The summed E-state index contributed by atoms with van der Waals surface area (Å²) in [5.74, 6) is 0.0759. The number of hydrogen-bond acceptors (Lipinski definition) is 6. The van der Waals surface area contributed by atoms with Gasteiger partial charge in [0.1, 0.15) is 6.67 Å². The van der Waals surface area contributed by atoms with Crippen molar-refractivity contribution in [3.05, 3.63) is 93.4 Å². The highest BCUT2D eigenvalue weighted by atomic mass is 32.2. The van der Waals surface area contributed by atoms with Crippen LogP contribution >= 0.6 is 11.8 Å². The molecule has 7 rings (SSSR count). The summed E-state index contributed by atoms with van der Waals surface area (Å²) in [4.78, 5) is 29.1. The Hall–Kier alpha value is -3.23. The Labute approximate surface area is 206 Å². The summed E-state index contributed by atoms with van der Waals surface area (Å²) < 4.78 is 7.14. The van der Waals surface area contributed by atoms with Gasteiger partial charge in [-0.1, -0.05) is 42.5 Å². The third-order valence-electron chi connectivity index (χ3n) is 7.93. The number of benzene rings is 2. The molecule has 0 radical (unpaired) electrons. The van der Waals surface area contributed by atoms with Crippen molar-refractivity contribution >= 4 is 17.7 Å². The predicted octanol–water partition coefficient (Wildman–Crippen LogP) is 3.48. The van der Waals surface area contributed by atoms with E-state index >= 15 is 0 Å². The molecule has 1 saturated heterocycles. The number of aromatic hydroxyl groups is 1. The molecule has 7 nitrogen and oxygen atoms in total. The van der Waals surface area contributed by atoms with Crippen molar-refractivity contribution < 1.29 is 14.6 Å². The summed E-state index contributed by atoms with van der Waals surface area (Å²) in [5.41, 5.74) is 3.24. The Morgan fingerprint density at radius 2 is 1.71 bits per heavy atom. The lowest BCUT2D eigenvalue weighted by Crippen LogP contribution is -2.65. The van der Waals surface area contributed by atoms with Crippen molar-refractivity contribution in [3.8, 4) is 5.75 Å². The Kier molecular flexibility index (Phi) is 4.60. The quantitative estimate of drug-likeness (QED) is 0.597. The molecule has 4 heterocycles. The highest BCUT2D eigenvalue weighted by Crippen LogP contribution is 2.50. The maximum absolute atomic E-state index is 13.7. The van der Waals surface area contributed by atoms with E-state index < -0.39 is 11.2 Å². The van der Waals surface area contributed by atoms with Gasteiger partial charge in [-0.3, -0.25) is 19.3 Å². The average Bonchev–Trinajstić information content (AvgIpc) is 2.98. The molecule has 3 aliphatic heterocycles. The van der Waals surface area contributed by atoms with Gasteiger partial charge in [-0.2, -0.15) is 0 Å². The van der Waals surface area contributed by atoms with Gasteiger partial charge >= 0.3 is 0 Å². The van der Waals surface area contributed by atoms with Gasteiger partial charge in [0.05, 0.1) is 19.3 Å². The van der Waals surface area contributed by atoms with Crippen LogP contribution in [0, 0.1) is 5.41 Å². The van der Waals surface area contributed by atoms with Gasteiger partial charge in [0.25, 0.3) is 5.91 Å². The molecule has 1 N–H and O–H groups in total. The van der Waals surface area contributed by atoms with E-state index in [0.717, 1.165) is 37.4 Å². The molecule has 8 heteroatoms. The van der Waals surface area contributed by atoms with Crippen molar-refractivity contribution in [2.45, 2.75) is 35.6 Å². The number of fused-ring (bicyclic) bond motifs is 3. The Bertz CT molecular complexity index is 1360. The molecule has 1 spiro atoms. The average molecular weight is 488 g/mol. The molecular weight excluding hydrogens is 462 g/mol. The molecule has 1 atom stereocenters. The Morgan fingerprint density at radius 3 is 2.49 bits per heavy atom. The smallest absolute Gasteiger partial charge is 0.278 e. The number of carbonyl (C=O) groups is 1. The first-order valence-corrected chi connectivity index (χ1v) is 12.9. The van der Waals surface area contributed by atoms with E-state index in [1.807, 2.05) is 28.8 Å². The van der Waals surface area contributed by atoms with Crippen LogP contribution in [0.5, 0.6) is 5.75 Å². The number of carbonyl (C=O) groups excluding carboxylic acids is 1. The molecule has 2 fully saturated rings. The van der Waals surface area contributed by atoms with Crippen LogP contribution in [0.4, 0.5) is 0 Å². The van der Waals surface area contributed by atoms with E-state index in [9.17, 15) is 14.7 Å². The van der Waals surface area contributed by atoms with Gasteiger partial charge in [-0.25, -0.2) is 0 Å². The topological polar surface area (TPSA) is 75.0 Å². The van der Waals surface area contributed by atoms with E-state index in [2.05, 4.69) is 41.4 Å². The molecule has 2 aromatic carbocycles. The van der Waals surface area contributed by atoms with E-state index in [-0.39, 0.29) is 29.1 Å². The molecule has 35 heavy (non-hydrogen) atoms. The zero-order valence-electron chi connectivity index (χ0n) is 19.1. The van der Waals surface area contributed by atoms with Gasteiger partial charge in [-0.15, -0.1) is 11.8 Å². The summed E-state index contributed by atoms with van der Waals surface area (Å²) in [7, 11) is 0. The molecule has 1 aromatic heterocycles. The molecule has 0 bridgehead atoms. The maximum atomic E-state index is 13.7. The second-order valence-electron chi connectivity index (χ2n) is 10.1. The molecule has 1 saturated carbocycles. The lowest BCUT2D eigenvalue weighted by atomic mass is 9.63. The fourth-order valence-electron chi connectivity index (χ4n) is 6.04. The van der Waals surface area contributed by atoms with E-state index in [4.69, 9.17) is 4.74 Å². The summed E-state index contributed by atoms with van der Waals surface area (Å²) in [5, 5.41) is 12.9. The fraction of sp³-hybridized carbons (Fsp3) is 0.333. The second-order valence-corrected chi connectivity index (χ2v) is 11.1. The van der Waals surface area contributed by atoms with Crippen LogP contribution in [0.25, 0.3) is 0 Å². The van der Waals surface area contributed by atoms with Crippen LogP contribution < -0.4 is 10.4 Å². The van der Waals surface area contributed by atoms with Crippen LogP contribution in [0.15, 0.2) is 70.5 Å². The van der Waals surface area contributed by atoms with Crippen molar-refractivity contribution in [3.63, 3.8) is 0 Å². The summed E-state index contributed by atoms with van der Waals surface area (Å²) >= 11 is 1.81. The lowest BCUT2D eigenvalue weighted by molar-refractivity contribution is -0.180. The normalized spacial score (nSPS) is 22.5. The molecule has 1 aliphatic carbocycles.